The maximum absolute atomic E-state index is 13.4. The molecule has 2 heterocycles. The number of hydrogen-bond acceptors (Lipinski definition) is 5. The summed E-state index contributed by atoms with van der Waals surface area (Å²) in [5.41, 5.74) is 4.11. The second-order valence-corrected chi connectivity index (χ2v) is 7.94. The van der Waals surface area contributed by atoms with Crippen LogP contribution < -0.4 is 15.5 Å². The average Bonchev–Trinajstić information content (AvgIpc) is 3.33. The number of nitrogens with one attached hydrogen (secondary N) is 2. The third kappa shape index (κ3) is 5.23. The standard InChI is InChI=1S/C21H20Cl2FN3O3/c22-14-1-4-20-13(7-14)8-17(30-20)10-25-27-6-5-15(11-27)26-21(28)12-29-16-2-3-18(23)19(24)9-16/h1-4,7-9,15,25H,5-6,10-12H2,(H,26,28). The second-order valence-electron chi connectivity index (χ2n) is 7.09. The molecule has 1 saturated heterocycles. The number of fused-ring (bicyclic) bond motifs is 1. The van der Waals surface area contributed by atoms with E-state index in [1.54, 1.807) is 6.07 Å². The van der Waals surface area contributed by atoms with Crippen molar-refractivity contribution in [2.45, 2.75) is 19.0 Å². The zero-order valence-electron chi connectivity index (χ0n) is 16.0. The molecule has 0 radical (unpaired) electrons. The van der Waals surface area contributed by atoms with Crippen LogP contribution in [0.4, 0.5) is 4.39 Å². The van der Waals surface area contributed by atoms with E-state index in [2.05, 4.69) is 10.7 Å². The number of carbonyl (C=O) groups excluding carboxylic acids is 1. The quantitative estimate of drug-likeness (QED) is 0.564. The number of furan rings is 1. The molecule has 2 N–H and O–H groups in total. The van der Waals surface area contributed by atoms with Crippen molar-refractivity contribution >= 4 is 40.1 Å². The van der Waals surface area contributed by atoms with Crippen LogP contribution in [0.3, 0.4) is 0 Å². The van der Waals surface area contributed by atoms with Crippen LogP contribution >= 0.6 is 23.2 Å². The molecule has 30 heavy (non-hydrogen) atoms. The summed E-state index contributed by atoms with van der Waals surface area (Å²) >= 11 is 11.6. The van der Waals surface area contributed by atoms with Crippen molar-refractivity contribution in [3.05, 3.63) is 64.1 Å². The fraction of sp³-hybridized carbons (Fsp3) is 0.286. The van der Waals surface area contributed by atoms with Crippen molar-refractivity contribution in [2.75, 3.05) is 19.7 Å². The summed E-state index contributed by atoms with van der Waals surface area (Å²) in [5.74, 6) is 0.225. The molecule has 3 aromatic rings. The first-order valence-corrected chi connectivity index (χ1v) is 10.3. The van der Waals surface area contributed by atoms with E-state index in [1.165, 1.54) is 12.1 Å². The Morgan fingerprint density at radius 1 is 1.23 bits per heavy atom. The Kier molecular flexibility index (Phi) is 6.43. The molecule has 1 atom stereocenters. The lowest BCUT2D eigenvalue weighted by atomic mass is 10.2. The second kappa shape index (κ2) is 9.22. The van der Waals surface area contributed by atoms with Crippen molar-refractivity contribution in [3.8, 4) is 5.75 Å². The van der Waals surface area contributed by atoms with Gasteiger partial charge in [-0.25, -0.2) is 14.8 Å². The summed E-state index contributed by atoms with van der Waals surface area (Å²) in [6, 6.07) is 11.5. The highest BCUT2D eigenvalue weighted by atomic mass is 35.5. The first-order chi connectivity index (χ1) is 14.5. The monoisotopic (exact) mass is 451 g/mol. The van der Waals surface area contributed by atoms with E-state index in [9.17, 15) is 9.18 Å². The minimum atomic E-state index is -0.584. The highest BCUT2D eigenvalue weighted by Crippen LogP contribution is 2.23. The minimum absolute atomic E-state index is 0.00466. The first-order valence-electron chi connectivity index (χ1n) is 9.50. The van der Waals surface area contributed by atoms with Crippen molar-refractivity contribution < 1.29 is 18.3 Å². The van der Waals surface area contributed by atoms with Crippen molar-refractivity contribution in [2.24, 2.45) is 0 Å². The van der Waals surface area contributed by atoms with Gasteiger partial charge in [0.1, 0.15) is 22.9 Å². The number of hydrazine groups is 1. The van der Waals surface area contributed by atoms with Crippen LogP contribution in [0.25, 0.3) is 11.0 Å². The van der Waals surface area contributed by atoms with Gasteiger partial charge in [-0.2, -0.15) is 0 Å². The molecule has 1 aliphatic heterocycles. The number of nitrogens with zero attached hydrogens (tertiary/aromatic N) is 1. The van der Waals surface area contributed by atoms with Crippen LogP contribution in [0.5, 0.6) is 5.75 Å². The van der Waals surface area contributed by atoms with Gasteiger partial charge in [-0.05, 0) is 42.8 Å². The lowest BCUT2D eigenvalue weighted by Gasteiger charge is -2.17. The van der Waals surface area contributed by atoms with Crippen LogP contribution in [-0.4, -0.2) is 36.7 Å². The molecule has 1 amide bonds. The lowest BCUT2D eigenvalue weighted by Crippen LogP contribution is -2.42. The largest absolute Gasteiger partial charge is 0.484 e. The number of halogens is 3. The minimum Gasteiger partial charge on any atom is -0.484 e. The molecule has 0 saturated carbocycles. The van der Waals surface area contributed by atoms with Gasteiger partial charge < -0.3 is 14.5 Å². The molecular formula is C21H20Cl2FN3O3. The van der Waals surface area contributed by atoms with Crippen LogP contribution in [-0.2, 0) is 11.3 Å². The zero-order chi connectivity index (χ0) is 21.1. The van der Waals surface area contributed by atoms with Gasteiger partial charge in [0, 0.05) is 35.6 Å². The molecule has 6 nitrogen and oxygen atoms in total. The number of hydrogen-bond donors (Lipinski definition) is 2. The Bertz CT molecular complexity index is 1060. The summed E-state index contributed by atoms with van der Waals surface area (Å²) in [7, 11) is 0. The molecule has 0 bridgehead atoms. The Morgan fingerprint density at radius 3 is 2.93 bits per heavy atom. The Labute approximate surface area is 182 Å². The number of amides is 1. The fourth-order valence-electron chi connectivity index (χ4n) is 3.35. The molecule has 2 aromatic carbocycles. The van der Waals surface area contributed by atoms with Gasteiger partial charge in [-0.15, -0.1) is 0 Å². The summed E-state index contributed by atoms with van der Waals surface area (Å²) in [4.78, 5) is 12.1. The van der Waals surface area contributed by atoms with E-state index in [1.807, 2.05) is 23.2 Å². The van der Waals surface area contributed by atoms with E-state index >= 15 is 0 Å². The molecule has 0 spiro atoms. The smallest absolute Gasteiger partial charge is 0.258 e. The van der Waals surface area contributed by atoms with E-state index in [-0.39, 0.29) is 29.3 Å². The van der Waals surface area contributed by atoms with E-state index < -0.39 is 5.82 Å². The molecule has 1 aromatic heterocycles. The maximum atomic E-state index is 13.4. The maximum Gasteiger partial charge on any atom is 0.258 e. The fourth-order valence-corrected chi connectivity index (χ4v) is 3.65. The molecular weight excluding hydrogens is 432 g/mol. The van der Waals surface area contributed by atoms with Crippen molar-refractivity contribution in [1.29, 1.82) is 0 Å². The molecule has 0 aliphatic carbocycles. The Balaban J connectivity index is 1.21. The molecule has 4 rings (SSSR count). The van der Waals surface area contributed by atoms with Gasteiger partial charge in [-0.3, -0.25) is 4.79 Å². The van der Waals surface area contributed by atoms with Crippen molar-refractivity contribution in [1.82, 2.24) is 15.8 Å². The first kappa shape index (κ1) is 20.9. The van der Waals surface area contributed by atoms with E-state index in [0.717, 1.165) is 35.8 Å². The number of carbonyl (C=O) groups is 1. The average molecular weight is 452 g/mol. The van der Waals surface area contributed by atoms with Gasteiger partial charge in [0.05, 0.1) is 11.6 Å². The molecule has 158 valence electrons. The SMILES string of the molecule is O=C(COc1ccc(Cl)c(F)c1)NC1CCN(NCc2cc3cc(Cl)ccc3o2)C1. The number of benzene rings is 2. The highest BCUT2D eigenvalue weighted by molar-refractivity contribution is 6.31. The molecule has 9 heteroatoms. The summed E-state index contributed by atoms with van der Waals surface area (Å²) in [6.07, 6.45) is 0.810. The topological polar surface area (TPSA) is 66.7 Å². The Hall–Kier alpha value is -2.32. The molecule has 1 unspecified atom stereocenters. The lowest BCUT2D eigenvalue weighted by molar-refractivity contribution is -0.123. The normalized spacial score (nSPS) is 16.8. The van der Waals surface area contributed by atoms with Gasteiger partial charge in [0.25, 0.3) is 5.91 Å². The predicted octanol–water partition coefficient (Wildman–Crippen LogP) is 4.15. The summed E-state index contributed by atoms with van der Waals surface area (Å²) in [5, 5.41) is 6.62. The van der Waals surface area contributed by atoms with E-state index in [4.69, 9.17) is 32.4 Å². The third-order valence-corrected chi connectivity index (χ3v) is 5.36. The predicted molar refractivity (Wildman–Crippen MR) is 113 cm³/mol. The summed E-state index contributed by atoms with van der Waals surface area (Å²) < 4.78 is 24.5. The molecule has 1 aliphatic rings. The van der Waals surface area contributed by atoms with Gasteiger partial charge in [0.15, 0.2) is 6.61 Å². The van der Waals surface area contributed by atoms with Crippen LogP contribution in [0.15, 0.2) is 46.9 Å². The number of ether oxygens (including phenoxy) is 1. The van der Waals surface area contributed by atoms with Crippen LogP contribution in [0, 0.1) is 5.82 Å². The Morgan fingerprint density at radius 2 is 2.10 bits per heavy atom. The van der Waals surface area contributed by atoms with Crippen LogP contribution in [0.2, 0.25) is 10.0 Å². The van der Waals surface area contributed by atoms with Crippen molar-refractivity contribution in [3.63, 3.8) is 0 Å². The van der Waals surface area contributed by atoms with Crippen LogP contribution in [0.1, 0.15) is 12.2 Å². The zero-order valence-corrected chi connectivity index (χ0v) is 17.5. The van der Waals surface area contributed by atoms with E-state index in [0.29, 0.717) is 18.1 Å². The highest BCUT2D eigenvalue weighted by Gasteiger charge is 2.24. The van der Waals surface area contributed by atoms with Gasteiger partial charge in [0.2, 0.25) is 0 Å². The molecule has 1 fully saturated rings. The third-order valence-electron chi connectivity index (χ3n) is 4.82. The summed E-state index contributed by atoms with van der Waals surface area (Å²) in [6.45, 7) is 1.80. The van der Waals surface area contributed by atoms with Gasteiger partial charge >= 0.3 is 0 Å². The number of rotatable bonds is 7. The van der Waals surface area contributed by atoms with Gasteiger partial charge in [-0.1, -0.05) is 23.2 Å².